The largest absolute Gasteiger partial charge is 0.368 e. The first-order valence-corrected chi connectivity index (χ1v) is 7.05. The third-order valence-corrected chi connectivity index (χ3v) is 3.80. The summed E-state index contributed by atoms with van der Waals surface area (Å²) in [6, 6.07) is 0. The summed E-state index contributed by atoms with van der Waals surface area (Å²) in [4.78, 5) is 0. The third-order valence-electron chi connectivity index (χ3n) is 2.53. The molecule has 0 aliphatic heterocycles. The fraction of sp³-hybridized carbons (Fsp3) is 0.636. The van der Waals surface area contributed by atoms with Gasteiger partial charge >= 0.3 is 0 Å². The topological polar surface area (TPSA) is 37.8 Å². The Kier molecular flexibility index (Phi) is 5.35. The molecule has 1 aromatic rings. The summed E-state index contributed by atoms with van der Waals surface area (Å²) in [6.07, 6.45) is 2.12. The summed E-state index contributed by atoms with van der Waals surface area (Å²) in [6.45, 7) is 7.10. The molecule has 1 N–H and O–H groups in total. The number of anilines is 1. The summed E-state index contributed by atoms with van der Waals surface area (Å²) in [5.74, 6) is 2.61. The SMILES string of the molecule is CSCC(C)CNc1nnc(Cl)c(C)c1C. The fourth-order valence-electron chi connectivity index (χ4n) is 1.36. The molecule has 0 aliphatic rings. The minimum absolute atomic E-state index is 0.486. The molecule has 3 nitrogen and oxygen atoms in total. The number of hydrogen-bond donors (Lipinski definition) is 1. The lowest BCUT2D eigenvalue weighted by atomic mass is 10.2. The summed E-state index contributed by atoms with van der Waals surface area (Å²) in [5.41, 5.74) is 2.08. The lowest BCUT2D eigenvalue weighted by Crippen LogP contribution is -2.15. The first kappa shape index (κ1) is 13.6. The minimum atomic E-state index is 0.486. The molecule has 1 atom stereocenters. The number of halogens is 1. The Hall–Kier alpha value is -0.480. The monoisotopic (exact) mass is 259 g/mol. The second-order valence-corrected chi connectivity index (χ2v) is 5.30. The van der Waals surface area contributed by atoms with Gasteiger partial charge in [0, 0.05) is 6.54 Å². The van der Waals surface area contributed by atoms with E-state index in [-0.39, 0.29) is 0 Å². The van der Waals surface area contributed by atoms with E-state index in [0.29, 0.717) is 11.1 Å². The van der Waals surface area contributed by atoms with Crippen molar-refractivity contribution >= 4 is 29.2 Å². The zero-order valence-corrected chi connectivity index (χ0v) is 11.7. The van der Waals surface area contributed by atoms with Crippen LogP contribution in [0.3, 0.4) is 0 Å². The van der Waals surface area contributed by atoms with Gasteiger partial charge < -0.3 is 5.32 Å². The van der Waals surface area contributed by atoms with Crippen LogP contribution in [0.15, 0.2) is 0 Å². The molecular weight excluding hydrogens is 242 g/mol. The molecule has 90 valence electrons. The minimum Gasteiger partial charge on any atom is -0.368 e. The molecule has 0 aliphatic carbocycles. The van der Waals surface area contributed by atoms with E-state index in [2.05, 4.69) is 28.7 Å². The highest BCUT2D eigenvalue weighted by molar-refractivity contribution is 7.98. The second kappa shape index (κ2) is 6.30. The Morgan fingerprint density at radius 1 is 1.31 bits per heavy atom. The van der Waals surface area contributed by atoms with Gasteiger partial charge in [-0.1, -0.05) is 18.5 Å². The highest BCUT2D eigenvalue weighted by Gasteiger charge is 2.08. The van der Waals surface area contributed by atoms with Crippen molar-refractivity contribution in [3.8, 4) is 0 Å². The van der Waals surface area contributed by atoms with Crippen LogP contribution in [0.2, 0.25) is 5.15 Å². The second-order valence-electron chi connectivity index (χ2n) is 4.03. The molecule has 0 saturated carbocycles. The van der Waals surface area contributed by atoms with Crippen molar-refractivity contribution in [1.29, 1.82) is 0 Å². The molecule has 0 fully saturated rings. The Morgan fingerprint density at radius 2 is 2.00 bits per heavy atom. The maximum atomic E-state index is 5.89. The molecule has 1 unspecified atom stereocenters. The zero-order valence-electron chi connectivity index (χ0n) is 10.2. The first-order chi connectivity index (χ1) is 7.56. The van der Waals surface area contributed by atoms with Crippen molar-refractivity contribution in [3.05, 3.63) is 16.3 Å². The van der Waals surface area contributed by atoms with Crippen LogP contribution in [-0.4, -0.2) is 28.8 Å². The fourth-order valence-corrected chi connectivity index (χ4v) is 2.22. The Bertz CT molecular complexity index is 357. The van der Waals surface area contributed by atoms with E-state index in [1.54, 1.807) is 0 Å². The van der Waals surface area contributed by atoms with Gasteiger partial charge in [-0.15, -0.1) is 10.2 Å². The van der Waals surface area contributed by atoms with Crippen LogP contribution in [0, 0.1) is 19.8 Å². The van der Waals surface area contributed by atoms with Gasteiger partial charge in [-0.3, -0.25) is 0 Å². The van der Waals surface area contributed by atoms with Gasteiger partial charge in [0.05, 0.1) is 0 Å². The van der Waals surface area contributed by atoms with E-state index < -0.39 is 0 Å². The highest BCUT2D eigenvalue weighted by atomic mass is 35.5. The van der Waals surface area contributed by atoms with E-state index in [0.717, 1.165) is 29.2 Å². The highest BCUT2D eigenvalue weighted by Crippen LogP contribution is 2.20. The molecule has 1 heterocycles. The molecule has 0 aromatic carbocycles. The van der Waals surface area contributed by atoms with E-state index in [1.165, 1.54) is 0 Å². The molecule has 1 aromatic heterocycles. The van der Waals surface area contributed by atoms with Gasteiger partial charge in [-0.05, 0) is 42.9 Å². The molecule has 5 heteroatoms. The summed E-state index contributed by atoms with van der Waals surface area (Å²) in [5, 5.41) is 11.8. The van der Waals surface area contributed by atoms with Crippen molar-refractivity contribution < 1.29 is 0 Å². The zero-order chi connectivity index (χ0) is 12.1. The van der Waals surface area contributed by atoms with Crippen LogP contribution in [0.5, 0.6) is 0 Å². The number of aromatic nitrogens is 2. The molecule has 1 rings (SSSR count). The van der Waals surface area contributed by atoms with Gasteiger partial charge in [-0.25, -0.2) is 0 Å². The number of nitrogens with one attached hydrogen (secondary N) is 1. The Labute approximate surface area is 106 Å². The first-order valence-electron chi connectivity index (χ1n) is 5.28. The molecule has 0 saturated heterocycles. The molecule has 16 heavy (non-hydrogen) atoms. The summed E-state index contributed by atoms with van der Waals surface area (Å²) >= 11 is 7.75. The molecular formula is C11H18ClN3S. The number of hydrogen-bond acceptors (Lipinski definition) is 4. The smallest absolute Gasteiger partial charge is 0.155 e. The summed E-state index contributed by atoms with van der Waals surface area (Å²) in [7, 11) is 0. The van der Waals surface area contributed by atoms with Crippen molar-refractivity contribution in [3.63, 3.8) is 0 Å². The average Bonchev–Trinajstić information content (AvgIpc) is 2.25. The van der Waals surface area contributed by atoms with Gasteiger partial charge in [0.15, 0.2) is 11.0 Å². The molecule has 0 radical (unpaired) electrons. The Balaban J connectivity index is 2.64. The summed E-state index contributed by atoms with van der Waals surface area (Å²) < 4.78 is 0. The lowest BCUT2D eigenvalue weighted by Gasteiger charge is -2.14. The number of rotatable bonds is 5. The van der Waals surface area contributed by atoms with E-state index in [9.17, 15) is 0 Å². The van der Waals surface area contributed by atoms with Crippen molar-refractivity contribution in [2.24, 2.45) is 5.92 Å². The van der Waals surface area contributed by atoms with Crippen molar-refractivity contribution in [1.82, 2.24) is 10.2 Å². The van der Waals surface area contributed by atoms with E-state index >= 15 is 0 Å². The molecule has 0 spiro atoms. The third kappa shape index (κ3) is 3.52. The lowest BCUT2D eigenvalue weighted by molar-refractivity contribution is 0.697. The van der Waals surface area contributed by atoms with Gasteiger partial charge in [0.1, 0.15) is 0 Å². The molecule has 0 amide bonds. The quantitative estimate of drug-likeness (QED) is 0.882. The normalized spacial score (nSPS) is 12.6. The Morgan fingerprint density at radius 3 is 2.62 bits per heavy atom. The van der Waals surface area contributed by atoms with E-state index in [4.69, 9.17) is 11.6 Å². The number of thioether (sulfide) groups is 1. The maximum absolute atomic E-state index is 5.89. The number of nitrogens with zero attached hydrogens (tertiary/aromatic N) is 2. The van der Waals surface area contributed by atoms with Crippen molar-refractivity contribution in [2.45, 2.75) is 20.8 Å². The van der Waals surface area contributed by atoms with Crippen molar-refractivity contribution in [2.75, 3.05) is 23.9 Å². The van der Waals surface area contributed by atoms with Crippen LogP contribution < -0.4 is 5.32 Å². The van der Waals surface area contributed by atoms with Crippen LogP contribution in [0.4, 0.5) is 5.82 Å². The maximum Gasteiger partial charge on any atom is 0.155 e. The average molecular weight is 260 g/mol. The standard InChI is InChI=1S/C11H18ClN3S/c1-7(6-16-4)5-13-11-9(3)8(2)10(12)14-15-11/h7H,5-6H2,1-4H3,(H,13,15). The molecule has 0 bridgehead atoms. The predicted molar refractivity (Wildman–Crippen MR) is 72.6 cm³/mol. The van der Waals surface area contributed by atoms with Gasteiger partial charge in [-0.2, -0.15) is 11.8 Å². The predicted octanol–water partition coefficient (Wildman–Crippen LogP) is 3.16. The van der Waals surface area contributed by atoms with Crippen LogP contribution >= 0.6 is 23.4 Å². The van der Waals surface area contributed by atoms with E-state index in [1.807, 2.05) is 25.6 Å². The van der Waals surface area contributed by atoms with Crippen LogP contribution in [-0.2, 0) is 0 Å². The van der Waals surface area contributed by atoms with Crippen LogP contribution in [0.25, 0.3) is 0 Å². The van der Waals surface area contributed by atoms with Crippen LogP contribution in [0.1, 0.15) is 18.1 Å². The van der Waals surface area contributed by atoms with Gasteiger partial charge in [0.25, 0.3) is 0 Å². The van der Waals surface area contributed by atoms with Gasteiger partial charge in [0.2, 0.25) is 0 Å².